The van der Waals surface area contributed by atoms with Crippen LogP contribution in [-0.2, 0) is 4.74 Å². The van der Waals surface area contributed by atoms with Crippen LogP contribution >= 0.6 is 0 Å². The van der Waals surface area contributed by atoms with Gasteiger partial charge in [0.15, 0.2) is 0 Å². The van der Waals surface area contributed by atoms with Gasteiger partial charge in [0.1, 0.15) is 0 Å². The fourth-order valence-corrected chi connectivity index (χ4v) is 3.00. The van der Waals surface area contributed by atoms with Gasteiger partial charge in [0.05, 0.1) is 12.2 Å². The fraction of sp³-hybridized carbons (Fsp3) is 0.333. The molecular weight excluding hydrogens is 342 g/mol. The third-order valence-electron chi connectivity index (χ3n) is 4.43. The summed E-state index contributed by atoms with van der Waals surface area (Å²) < 4.78 is 5.10. The van der Waals surface area contributed by atoms with Gasteiger partial charge in [-0.05, 0) is 49.2 Å². The molecule has 6 nitrogen and oxygen atoms in total. The lowest BCUT2D eigenvalue weighted by atomic mass is 10.2. The maximum absolute atomic E-state index is 12.5. The normalized spacial score (nSPS) is 16.0. The number of anilines is 2. The summed E-state index contributed by atoms with van der Waals surface area (Å²) in [7, 11) is 0. The van der Waals surface area contributed by atoms with Gasteiger partial charge in [-0.15, -0.1) is 0 Å². The molecule has 2 aromatic rings. The van der Waals surface area contributed by atoms with E-state index in [2.05, 4.69) is 10.6 Å². The summed E-state index contributed by atoms with van der Waals surface area (Å²) in [6.07, 6.45) is 1.69. The number of ether oxygens (including phenoxy) is 1. The number of hydrogen-bond donors (Lipinski definition) is 2. The van der Waals surface area contributed by atoms with E-state index in [1.807, 2.05) is 37.3 Å². The van der Waals surface area contributed by atoms with Crippen molar-refractivity contribution in [3.8, 4) is 0 Å². The minimum atomic E-state index is -0.343. The Labute approximate surface area is 159 Å². The topological polar surface area (TPSA) is 70.7 Å². The Hall–Kier alpha value is -3.02. The van der Waals surface area contributed by atoms with Gasteiger partial charge in [0, 0.05) is 30.5 Å². The first-order chi connectivity index (χ1) is 13.2. The highest BCUT2D eigenvalue weighted by Gasteiger charge is 2.26. The van der Waals surface area contributed by atoms with Crippen molar-refractivity contribution in [3.63, 3.8) is 0 Å². The molecule has 0 unspecified atom stereocenters. The Morgan fingerprint density at radius 1 is 1.07 bits per heavy atom. The second-order valence-electron chi connectivity index (χ2n) is 6.59. The highest BCUT2D eigenvalue weighted by molar-refractivity contribution is 5.92. The number of carbonyl (C=O) groups is 2. The molecule has 2 N–H and O–H groups in total. The molecule has 0 spiro atoms. The molecule has 0 saturated carbocycles. The second kappa shape index (κ2) is 9.07. The van der Waals surface area contributed by atoms with Crippen molar-refractivity contribution >= 4 is 23.4 Å². The average molecular weight is 367 g/mol. The lowest BCUT2D eigenvalue weighted by Crippen LogP contribution is -2.34. The number of nitrogens with zero attached hydrogens (tertiary/aromatic N) is 1. The number of esters is 1. The summed E-state index contributed by atoms with van der Waals surface area (Å²) in [4.78, 5) is 26.1. The van der Waals surface area contributed by atoms with Gasteiger partial charge < -0.3 is 20.3 Å². The Balaban J connectivity index is 1.49. The number of amides is 2. The van der Waals surface area contributed by atoms with E-state index in [0.717, 1.165) is 18.5 Å². The van der Waals surface area contributed by atoms with E-state index < -0.39 is 0 Å². The van der Waals surface area contributed by atoms with Crippen molar-refractivity contribution in [1.82, 2.24) is 4.90 Å². The van der Waals surface area contributed by atoms with E-state index in [1.165, 1.54) is 0 Å². The van der Waals surface area contributed by atoms with Crippen LogP contribution in [0.4, 0.5) is 16.2 Å². The Kier molecular flexibility index (Phi) is 6.30. The van der Waals surface area contributed by atoms with Crippen LogP contribution < -0.4 is 10.6 Å². The van der Waals surface area contributed by atoms with Gasteiger partial charge in [-0.25, -0.2) is 9.59 Å². The molecular formula is C21H25N3O3. The second-order valence-corrected chi connectivity index (χ2v) is 6.59. The molecule has 2 amide bonds. The predicted molar refractivity (Wildman–Crippen MR) is 106 cm³/mol. The minimum absolute atomic E-state index is 0.131. The molecule has 3 rings (SSSR count). The van der Waals surface area contributed by atoms with Gasteiger partial charge in [0.25, 0.3) is 0 Å². The molecule has 1 heterocycles. The standard InChI is InChI=1S/C21H25N3O3/c1-2-14-27-20(25)16-8-10-18(11-9-16)23-21(26)24-13-12-19(15-24)22-17-6-4-3-5-7-17/h3-11,19,22H,2,12-15H2,1H3,(H,23,26)/t19-/m0/s1. The molecule has 0 aromatic heterocycles. The van der Waals surface area contributed by atoms with Crippen LogP contribution in [0.25, 0.3) is 0 Å². The van der Waals surface area contributed by atoms with Crippen LogP contribution in [-0.4, -0.2) is 42.6 Å². The lowest BCUT2D eigenvalue weighted by Gasteiger charge is -2.18. The number of rotatable bonds is 6. The van der Waals surface area contributed by atoms with Gasteiger partial charge in [0.2, 0.25) is 0 Å². The summed E-state index contributed by atoms with van der Waals surface area (Å²) >= 11 is 0. The van der Waals surface area contributed by atoms with Crippen LogP contribution in [0.15, 0.2) is 54.6 Å². The number of hydrogen-bond acceptors (Lipinski definition) is 4. The molecule has 0 aliphatic carbocycles. The zero-order valence-electron chi connectivity index (χ0n) is 15.5. The van der Waals surface area contributed by atoms with Crippen molar-refractivity contribution < 1.29 is 14.3 Å². The number of likely N-dealkylation sites (tertiary alicyclic amines) is 1. The molecule has 0 bridgehead atoms. The predicted octanol–water partition coefficient (Wildman–Crippen LogP) is 3.97. The highest BCUT2D eigenvalue weighted by Crippen LogP contribution is 2.17. The molecule has 1 aliphatic heterocycles. The maximum Gasteiger partial charge on any atom is 0.338 e. The summed E-state index contributed by atoms with van der Waals surface area (Å²) in [6, 6.07) is 16.9. The van der Waals surface area contributed by atoms with Crippen molar-refractivity contribution in [2.24, 2.45) is 0 Å². The molecule has 142 valence electrons. The lowest BCUT2D eigenvalue weighted by molar-refractivity contribution is 0.0505. The maximum atomic E-state index is 12.5. The average Bonchev–Trinajstić information content (AvgIpc) is 3.16. The molecule has 0 radical (unpaired) electrons. The van der Waals surface area contributed by atoms with Gasteiger partial charge in [-0.1, -0.05) is 25.1 Å². The Morgan fingerprint density at radius 3 is 2.52 bits per heavy atom. The molecule has 1 aliphatic rings. The van der Waals surface area contributed by atoms with E-state index in [-0.39, 0.29) is 18.0 Å². The SMILES string of the molecule is CCCOC(=O)c1ccc(NC(=O)N2CC[C@H](Nc3ccccc3)C2)cc1. The zero-order valence-corrected chi connectivity index (χ0v) is 15.5. The van der Waals surface area contributed by atoms with Gasteiger partial charge >= 0.3 is 12.0 Å². The monoisotopic (exact) mass is 367 g/mol. The summed E-state index contributed by atoms with van der Waals surface area (Å²) in [5.41, 5.74) is 2.21. The fourth-order valence-electron chi connectivity index (χ4n) is 3.00. The molecule has 1 atom stereocenters. The van der Waals surface area contributed by atoms with Crippen molar-refractivity contribution in [2.75, 3.05) is 30.3 Å². The zero-order chi connectivity index (χ0) is 19.1. The van der Waals surface area contributed by atoms with Crippen LogP contribution in [0.3, 0.4) is 0 Å². The first kappa shape index (κ1) is 18.8. The summed E-state index contributed by atoms with van der Waals surface area (Å²) in [5, 5.41) is 6.34. The number of carbonyl (C=O) groups excluding carboxylic acids is 2. The van der Waals surface area contributed by atoms with Crippen LogP contribution in [0.1, 0.15) is 30.1 Å². The summed E-state index contributed by atoms with van der Waals surface area (Å²) in [5.74, 6) is -0.343. The third kappa shape index (κ3) is 5.23. The largest absolute Gasteiger partial charge is 0.462 e. The first-order valence-electron chi connectivity index (χ1n) is 9.30. The van der Waals surface area contributed by atoms with Gasteiger partial charge in [-0.3, -0.25) is 0 Å². The summed E-state index contributed by atoms with van der Waals surface area (Å²) in [6.45, 7) is 3.72. The van der Waals surface area contributed by atoms with E-state index in [1.54, 1.807) is 29.2 Å². The van der Waals surface area contributed by atoms with E-state index >= 15 is 0 Å². The molecule has 27 heavy (non-hydrogen) atoms. The van der Waals surface area contributed by atoms with E-state index in [9.17, 15) is 9.59 Å². The Morgan fingerprint density at radius 2 is 1.81 bits per heavy atom. The van der Waals surface area contributed by atoms with Crippen molar-refractivity contribution in [2.45, 2.75) is 25.8 Å². The molecule has 1 fully saturated rings. The van der Waals surface area contributed by atoms with Crippen LogP contribution in [0, 0.1) is 0 Å². The van der Waals surface area contributed by atoms with Crippen LogP contribution in [0.2, 0.25) is 0 Å². The van der Waals surface area contributed by atoms with Crippen LogP contribution in [0.5, 0.6) is 0 Å². The third-order valence-corrected chi connectivity index (χ3v) is 4.43. The Bertz CT molecular complexity index is 762. The number of urea groups is 1. The number of nitrogens with one attached hydrogen (secondary N) is 2. The highest BCUT2D eigenvalue weighted by atomic mass is 16.5. The van der Waals surface area contributed by atoms with E-state index in [4.69, 9.17) is 4.74 Å². The number of para-hydroxylation sites is 1. The molecule has 2 aromatic carbocycles. The molecule has 1 saturated heterocycles. The van der Waals surface area contributed by atoms with E-state index in [0.29, 0.717) is 30.9 Å². The van der Waals surface area contributed by atoms with Crippen molar-refractivity contribution in [3.05, 3.63) is 60.2 Å². The number of benzene rings is 2. The smallest absolute Gasteiger partial charge is 0.338 e. The quantitative estimate of drug-likeness (QED) is 0.758. The van der Waals surface area contributed by atoms with Crippen molar-refractivity contribution in [1.29, 1.82) is 0 Å². The van der Waals surface area contributed by atoms with Gasteiger partial charge in [-0.2, -0.15) is 0 Å². The first-order valence-corrected chi connectivity index (χ1v) is 9.30. The minimum Gasteiger partial charge on any atom is -0.462 e. The molecule has 6 heteroatoms.